The first-order valence-corrected chi connectivity index (χ1v) is 4.80. The highest BCUT2D eigenvalue weighted by Crippen LogP contribution is 2.40. The molecule has 0 spiro atoms. The summed E-state index contributed by atoms with van der Waals surface area (Å²) in [4.78, 5) is 22.8. The first kappa shape index (κ1) is 12.0. The Bertz CT molecular complexity index is 284. The Morgan fingerprint density at radius 2 is 2.00 bits per heavy atom. The number of carbonyl (C=O) groups is 2. The normalized spacial score (nSPS) is 29.5. The van der Waals surface area contributed by atoms with Crippen LogP contribution in [0.1, 0.15) is 26.7 Å². The molecule has 1 fully saturated rings. The topological polar surface area (TPSA) is 72.8 Å². The Morgan fingerprint density at radius 1 is 1.40 bits per heavy atom. The van der Waals surface area contributed by atoms with Crippen molar-refractivity contribution in [2.45, 2.75) is 32.3 Å². The number of hydrogen-bond donors (Lipinski definition) is 1. The zero-order valence-corrected chi connectivity index (χ0v) is 9.20. The van der Waals surface area contributed by atoms with E-state index in [-0.39, 0.29) is 19.4 Å². The second-order valence-corrected chi connectivity index (χ2v) is 4.41. The van der Waals surface area contributed by atoms with Crippen molar-refractivity contribution in [1.82, 2.24) is 0 Å². The van der Waals surface area contributed by atoms with E-state index in [1.54, 1.807) is 13.8 Å². The van der Waals surface area contributed by atoms with E-state index >= 15 is 0 Å². The minimum atomic E-state index is -1.45. The number of esters is 1. The smallest absolute Gasteiger partial charge is 0.323 e. The predicted molar refractivity (Wildman–Crippen MR) is 51.3 cm³/mol. The van der Waals surface area contributed by atoms with Gasteiger partial charge in [0.25, 0.3) is 0 Å². The van der Waals surface area contributed by atoms with E-state index < -0.39 is 23.0 Å². The zero-order valence-electron chi connectivity index (χ0n) is 9.20. The molecule has 1 N–H and O–H groups in total. The summed E-state index contributed by atoms with van der Waals surface area (Å²) in [5.41, 5.74) is -2.05. The Morgan fingerprint density at radius 3 is 2.40 bits per heavy atom. The van der Waals surface area contributed by atoms with Gasteiger partial charge in [-0.2, -0.15) is 0 Å². The molecule has 1 saturated heterocycles. The highest BCUT2D eigenvalue weighted by molar-refractivity contribution is 5.99. The summed E-state index contributed by atoms with van der Waals surface area (Å²) in [6.45, 7) is 3.80. The molecule has 1 aliphatic heterocycles. The van der Waals surface area contributed by atoms with Crippen LogP contribution in [0.2, 0.25) is 0 Å². The monoisotopic (exact) mass is 216 g/mol. The van der Waals surface area contributed by atoms with E-state index in [4.69, 9.17) is 9.84 Å². The molecule has 1 atom stereocenters. The third kappa shape index (κ3) is 2.12. The van der Waals surface area contributed by atoms with Crippen LogP contribution in [0.25, 0.3) is 0 Å². The second-order valence-electron chi connectivity index (χ2n) is 4.41. The van der Waals surface area contributed by atoms with Crippen molar-refractivity contribution in [3.8, 4) is 0 Å². The average molecular weight is 216 g/mol. The van der Waals surface area contributed by atoms with Gasteiger partial charge in [-0.3, -0.25) is 9.59 Å². The summed E-state index contributed by atoms with van der Waals surface area (Å²) in [6.07, 6.45) is 0.306. The van der Waals surface area contributed by atoms with Gasteiger partial charge in [-0.25, -0.2) is 0 Å². The molecule has 0 amide bonds. The summed E-state index contributed by atoms with van der Waals surface area (Å²) < 4.78 is 9.97. The number of methoxy groups -OCH3 is 1. The molecular weight excluding hydrogens is 200 g/mol. The first-order valence-electron chi connectivity index (χ1n) is 4.80. The van der Waals surface area contributed by atoms with E-state index in [1.165, 1.54) is 7.11 Å². The van der Waals surface area contributed by atoms with Gasteiger partial charge in [0.15, 0.2) is 5.41 Å². The molecule has 1 aliphatic rings. The van der Waals surface area contributed by atoms with E-state index in [0.717, 1.165) is 0 Å². The van der Waals surface area contributed by atoms with E-state index in [2.05, 4.69) is 4.74 Å². The zero-order chi connectivity index (χ0) is 11.7. The number of rotatable bonds is 2. The van der Waals surface area contributed by atoms with Crippen LogP contribution in [0.3, 0.4) is 0 Å². The van der Waals surface area contributed by atoms with Crippen LogP contribution < -0.4 is 0 Å². The lowest BCUT2D eigenvalue weighted by atomic mass is 9.74. The summed E-state index contributed by atoms with van der Waals surface area (Å²) in [5, 5.41) is 9.17. The maximum atomic E-state index is 11.6. The molecule has 0 aromatic heterocycles. The van der Waals surface area contributed by atoms with E-state index in [9.17, 15) is 9.59 Å². The van der Waals surface area contributed by atoms with Crippen LogP contribution in [0.5, 0.6) is 0 Å². The highest BCUT2D eigenvalue weighted by atomic mass is 16.5. The molecule has 1 unspecified atom stereocenters. The van der Waals surface area contributed by atoms with Crippen LogP contribution in [0.15, 0.2) is 0 Å². The third-order valence-corrected chi connectivity index (χ3v) is 2.73. The second kappa shape index (κ2) is 3.81. The molecule has 1 heterocycles. The summed E-state index contributed by atoms with van der Waals surface area (Å²) in [7, 11) is 1.20. The fraction of sp³-hybridized carbons (Fsp3) is 0.800. The van der Waals surface area contributed by atoms with Gasteiger partial charge in [0.2, 0.25) is 0 Å². The number of carbonyl (C=O) groups excluding carboxylic acids is 1. The van der Waals surface area contributed by atoms with Gasteiger partial charge in [0.05, 0.1) is 12.7 Å². The van der Waals surface area contributed by atoms with Gasteiger partial charge in [-0.1, -0.05) is 0 Å². The van der Waals surface area contributed by atoms with E-state index in [0.29, 0.717) is 0 Å². The van der Waals surface area contributed by atoms with Crippen molar-refractivity contribution in [1.29, 1.82) is 0 Å². The Hall–Kier alpha value is -1.10. The molecule has 0 saturated carbocycles. The lowest BCUT2D eigenvalue weighted by Crippen LogP contribution is -2.50. The molecule has 0 aromatic rings. The fourth-order valence-electron chi connectivity index (χ4n) is 2.01. The SMILES string of the molecule is COC(=O)C1(C(=O)O)CCOC(C)(C)C1. The standard InChI is InChI=1S/C10H16O5/c1-9(2)6-10(7(11)12,4-5-15-9)8(13)14-3/h4-6H2,1-3H3,(H,11,12). The minimum Gasteiger partial charge on any atom is -0.480 e. The number of carboxylic acids is 1. The fourth-order valence-corrected chi connectivity index (χ4v) is 2.01. The molecule has 86 valence electrons. The Labute approximate surface area is 88.4 Å². The minimum absolute atomic E-state index is 0.141. The quantitative estimate of drug-likeness (QED) is 0.546. The molecule has 5 heteroatoms. The van der Waals surface area contributed by atoms with Gasteiger partial charge >= 0.3 is 11.9 Å². The highest BCUT2D eigenvalue weighted by Gasteiger charge is 2.53. The molecule has 1 rings (SSSR count). The van der Waals surface area contributed by atoms with Crippen molar-refractivity contribution in [3.63, 3.8) is 0 Å². The number of aliphatic carboxylic acids is 1. The summed E-state index contributed by atoms with van der Waals surface area (Å²) in [6, 6.07) is 0. The van der Waals surface area contributed by atoms with Gasteiger partial charge in [-0.05, 0) is 20.3 Å². The van der Waals surface area contributed by atoms with Gasteiger partial charge in [0, 0.05) is 13.0 Å². The molecule has 0 aliphatic carbocycles. The van der Waals surface area contributed by atoms with E-state index in [1.807, 2.05) is 0 Å². The predicted octanol–water partition coefficient (Wildman–Crippen LogP) is 0.819. The van der Waals surface area contributed by atoms with Crippen molar-refractivity contribution in [3.05, 3.63) is 0 Å². The molecule has 0 radical (unpaired) electrons. The van der Waals surface area contributed by atoms with Gasteiger partial charge in [-0.15, -0.1) is 0 Å². The van der Waals surface area contributed by atoms with Crippen LogP contribution in [0, 0.1) is 5.41 Å². The van der Waals surface area contributed by atoms with Crippen molar-refractivity contribution in [2.75, 3.05) is 13.7 Å². The Kier molecular flexibility index (Phi) is 3.04. The van der Waals surface area contributed by atoms with Crippen LogP contribution >= 0.6 is 0 Å². The molecule has 5 nitrogen and oxygen atoms in total. The third-order valence-electron chi connectivity index (χ3n) is 2.73. The van der Waals surface area contributed by atoms with Gasteiger partial charge in [0.1, 0.15) is 0 Å². The van der Waals surface area contributed by atoms with Crippen molar-refractivity contribution < 1.29 is 24.2 Å². The van der Waals surface area contributed by atoms with Crippen molar-refractivity contribution >= 4 is 11.9 Å². The Balaban J connectivity index is 3.01. The number of ether oxygens (including phenoxy) is 2. The summed E-state index contributed by atoms with van der Waals surface area (Å²) >= 11 is 0. The first-order chi connectivity index (χ1) is 6.84. The largest absolute Gasteiger partial charge is 0.480 e. The van der Waals surface area contributed by atoms with Gasteiger partial charge < -0.3 is 14.6 Å². The average Bonchev–Trinajstić information content (AvgIpc) is 2.14. The lowest BCUT2D eigenvalue weighted by molar-refractivity contribution is -0.185. The summed E-state index contributed by atoms with van der Waals surface area (Å²) in [5.74, 6) is -1.82. The molecule has 15 heavy (non-hydrogen) atoms. The van der Waals surface area contributed by atoms with Crippen molar-refractivity contribution in [2.24, 2.45) is 5.41 Å². The molecular formula is C10H16O5. The van der Waals surface area contributed by atoms with Crippen LogP contribution in [0.4, 0.5) is 0 Å². The lowest BCUT2D eigenvalue weighted by Gasteiger charge is -2.39. The molecule has 0 bridgehead atoms. The molecule has 0 aromatic carbocycles. The number of hydrogen-bond acceptors (Lipinski definition) is 4. The van der Waals surface area contributed by atoms with Crippen LogP contribution in [-0.2, 0) is 19.1 Å². The maximum absolute atomic E-state index is 11.6. The van der Waals surface area contributed by atoms with Crippen LogP contribution in [-0.4, -0.2) is 36.4 Å². The maximum Gasteiger partial charge on any atom is 0.323 e. The number of carboxylic acid groups (broad SMARTS) is 1.